The third-order valence-electron chi connectivity index (χ3n) is 1.88. The summed E-state index contributed by atoms with van der Waals surface area (Å²) in [7, 11) is 1.72. The highest BCUT2D eigenvalue weighted by Crippen LogP contribution is 1.93. The molecule has 0 rings (SSSR count). The second-order valence-electron chi connectivity index (χ2n) is 4.08. The second kappa shape index (κ2) is 9.44. The van der Waals surface area contributed by atoms with E-state index in [1.807, 2.05) is 0 Å². The number of rotatable bonds is 9. The maximum Gasteiger partial charge on any atom is 0.0671 e. The highest BCUT2D eigenvalue weighted by Gasteiger charge is 2.01. The van der Waals surface area contributed by atoms with Crippen LogP contribution in [0.25, 0.3) is 0 Å². The Kier molecular flexibility index (Phi) is 9.35. The Hall–Kier alpha value is -0.120. The first-order chi connectivity index (χ1) is 6.66. The van der Waals surface area contributed by atoms with Gasteiger partial charge in [-0.2, -0.15) is 0 Å². The third kappa shape index (κ3) is 9.96. The zero-order valence-corrected chi connectivity index (χ0v) is 10.0. The van der Waals surface area contributed by atoms with Crippen LogP contribution in [0.3, 0.4) is 0 Å². The summed E-state index contributed by atoms with van der Waals surface area (Å²) in [4.78, 5) is 0. The van der Waals surface area contributed by atoms with Gasteiger partial charge in [-0.1, -0.05) is 13.8 Å². The van der Waals surface area contributed by atoms with Gasteiger partial charge in [0.15, 0.2) is 0 Å². The number of nitrogens with one attached hydrogen (secondary N) is 1. The van der Waals surface area contributed by atoms with E-state index in [1.54, 1.807) is 7.11 Å². The van der Waals surface area contributed by atoms with Crippen molar-refractivity contribution >= 4 is 0 Å². The lowest BCUT2D eigenvalue weighted by atomic mass is 10.2. The fourth-order valence-electron chi connectivity index (χ4n) is 1.12. The van der Waals surface area contributed by atoms with Crippen molar-refractivity contribution in [1.82, 2.24) is 5.32 Å². The van der Waals surface area contributed by atoms with Crippen molar-refractivity contribution in [2.45, 2.75) is 33.3 Å². The Morgan fingerprint density at radius 2 is 1.79 bits per heavy atom. The second-order valence-corrected chi connectivity index (χ2v) is 4.08. The van der Waals surface area contributed by atoms with E-state index >= 15 is 0 Å². The Morgan fingerprint density at radius 1 is 1.07 bits per heavy atom. The lowest BCUT2D eigenvalue weighted by molar-refractivity contribution is 0.0502. The molecule has 0 spiro atoms. The molecule has 1 N–H and O–H groups in total. The summed E-state index contributed by atoms with van der Waals surface area (Å²) in [6, 6.07) is 0. The molecule has 0 aromatic rings. The Labute approximate surface area is 88.2 Å². The fourth-order valence-corrected chi connectivity index (χ4v) is 1.12. The van der Waals surface area contributed by atoms with Crippen LogP contribution in [0.15, 0.2) is 0 Å². The zero-order chi connectivity index (χ0) is 10.8. The van der Waals surface area contributed by atoms with Crippen LogP contribution in [-0.2, 0) is 9.47 Å². The molecule has 86 valence electrons. The Balaban J connectivity index is 3.15. The van der Waals surface area contributed by atoms with Crippen LogP contribution in [0.5, 0.6) is 0 Å². The zero-order valence-electron chi connectivity index (χ0n) is 10.0. The van der Waals surface area contributed by atoms with Gasteiger partial charge >= 0.3 is 0 Å². The summed E-state index contributed by atoms with van der Waals surface area (Å²) in [5.74, 6) is 0.704. The highest BCUT2D eigenvalue weighted by molar-refractivity contribution is 4.57. The summed E-state index contributed by atoms with van der Waals surface area (Å²) in [5, 5.41) is 3.37. The van der Waals surface area contributed by atoms with Crippen LogP contribution < -0.4 is 5.32 Å². The van der Waals surface area contributed by atoms with E-state index in [4.69, 9.17) is 9.47 Å². The quantitative estimate of drug-likeness (QED) is 0.578. The molecule has 0 radical (unpaired) electrons. The van der Waals surface area contributed by atoms with E-state index in [0.29, 0.717) is 12.0 Å². The Morgan fingerprint density at radius 3 is 2.36 bits per heavy atom. The molecule has 0 aliphatic rings. The van der Waals surface area contributed by atoms with Crippen LogP contribution in [0.1, 0.15) is 27.2 Å². The van der Waals surface area contributed by atoms with Crippen LogP contribution >= 0.6 is 0 Å². The van der Waals surface area contributed by atoms with Gasteiger partial charge in [0.05, 0.1) is 6.10 Å². The van der Waals surface area contributed by atoms with E-state index in [1.165, 1.54) is 0 Å². The van der Waals surface area contributed by atoms with Crippen molar-refractivity contribution in [2.75, 3.05) is 33.4 Å². The van der Waals surface area contributed by atoms with Gasteiger partial charge in [-0.05, 0) is 25.8 Å². The van der Waals surface area contributed by atoms with Gasteiger partial charge in [0, 0.05) is 26.9 Å². The lowest BCUT2D eigenvalue weighted by Gasteiger charge is -2.14. The molecule has 0 saturated carbocycles. The van der Waals surface area contributed by atoms with Gasteiger partial charge in [0.25, 0.3) is 0 Å². The molecule has 0 aliphatic heterocycles. The molecule has 0 aliphatic carbocycles. The average molecular weight is 203 g/mol. The summed E-state index contributed by atoms with van der Waals surface area (Å²) < 4.78 is 10.5. The first kappa shape index (κ1) is 13.9. The molecule has 3 heteroatoms. The van der Waals surface area contributed by atoms with Gasteiger partial charge in [0.1, 0.15) is 0 Å². The standard InChI is InChI=1S/C11H25NO2/c1-10(2)8-12-9-11(3)14-7-5-6-13-4/h10-12H,5-9H2,1-4H3. The van der Waals surface area contributed by atoms with E-state index in [0.717, 1.165) is 32.7 Å². The average Bonchev–Trinajstić information content (AvgIpc) is 2.12. The number of methoxy groups -OCH3 is 1. The van der Waals surface area contributed by atoms with Crippen molar-refractivity contribution in [3.05, 3.63) is 0 Å². The van der Waals surface area contributed by atoms with Gasteiger partial charge in [-0.15, -0.1) is 0 Å². The van der Waals surface area contributed by atoms with E-state index in [2.05, 4.69) is 26.1 Å². The van der Waals surface area contributed by atoms with E-state index < -0.39 is 0 Å². The molecule has 0 saturated heterocycles. The monoisotopic (exact) mass is 203 g/mol. The summed E-state index contributed by atoms with van der Waals surface area (Å²) in [6.45, 7) is 10.1. The molecule has 0 aromatic carbocycles. The molecule has 0 aromatic heterocycles. The van der Waals surface area contributed by atoms with Crippen molar-refractivity contribution in [3.63, 3.8) is 0 Å². The Bertz CT molecular complexity index is 118. The SMILES string of the molecule is COCCCOC(C)CNCC(C)C. The smallest absolute Gasteiger partial charge is 0.0671 e. The van der Waals surface area contributed by atoms with Crippen molar-refractivity contribution in [1.29, 1.82) is 0 Å². The van der Waals surface area contributed by atoms with Crippen LogP contribution in [0, 0.1) is 5.92 Å². The minimum Gasteiger partial charge on any atom is -0.385 e. The molecule has 1 atom stereocenters. The minimum atomic E-state index is 0.297. The first-order valence-corrected chi connectivity index (χ1v) is 5.48. The van der Waals surface area contributed by atoms with Gasteiger partial charge in [-0.3, -0.25) is 0 Å². The first-order valence-electron chi connectivity index (χ1n) is 5.48. The third-order valence-corrected chi connectivity index (χ3v) is 1.88. The van der Waals surface area contributed by atoms with Crippen molar-refractivity contribution in [3.8, 4) is 0 Å². The summed E-state index contributed by atoms with van der Waals surface area (Å²) in [5.41, 5.74) is 0. The molecular weight excluding hydrogens is 178 g/mol. The fraction of sp³-hybridized carbons (Fsp3) is 1.00. The summed E-state index contributed by atoms with van der Waals surface area (Å²) in [6.07, 6.45) is 1.27. The molecule has 1 unspecified atom stereocenters. The predicted octanol–water partition coefficient (Wildman–Crippen LogP) is 1.67. The molecule has 0 amide bonds. The molecule has 0 fully saturated rings. The maximum absolute atomic E-state index is 5.58. The van der Waals surface area contributed by atoms with E-state index in [9.17, 15) is 0 Å². The predicted molar refractivity (Wildman–Crippen MR) is 59.6 cm³/mol. The molecule has 0 heterocycles. The normalized spacial score (nSPS) is 13.5. The van der Waals surface area contributed by atoms with Crippen LogP contribution in [-0.4, -0.2) is 39.5 Å². The number of ether oxygens (including phenoxy) is 2. The highest BCUT2D eigenvalue weighted by atomic mass is 16.5. The van der Waals surface area contributed by atoms with Crippen LogP contribution in [0.4, 0.5) is 0 Å². The van der Waals surface area contributed by atoms with E-state index in [-0.39, 0.29) is 0 Å². The number of hydrogen-bond donors (Lipinski definition) is 1. The number of hydrogen-bond acceptors (Lipinski definition) is 3. The minimum absolute atomic E-state index is 0.297. The maximum atomic E-state index is 5.58. The molecular formula is C11H25NO2. The largest absolute Gasteiger partial charge is 0.385 e. The molecule has 0 bridgehead atoms. The molecule has 3 nitrogen and oxygen atoms in total. The van der Waals surface area contributed by atoms with Gasteiger partial charge < -0.3 is 14.8 Å². The van der Waals surface area contributed by atoms with Crippen molar-refractivity contribution < 1.29 is 9.47 Å². The van der Waals surface area contributed by atoms with Gasteiger partial charge in [-0.25, -0.2) is 0 Å². The lowest BCUT2D eigenvalue weighted by Crippen LogP contribution is -2.30. The van der Waals surface area contributed by atoms with Crippen LogP contribution in [0.2, 0.25) is 0 Å². The van der Waals surface area contributed by atoms with Crippen molar-refractivity contribution in [2.24, 2.45) is 5.92 Å². The van der Waals surface area contributed by atoms with Gasteiger partial charge in [0.2, 0.25) is 0 Å². The molecule has 14 heavy (non-hydrogen) atoms. The topological polar surface area (TPSA) is 30.5 Å². The summed E-state index contributed by atoms with van der Waals surface area (Å²) >= 11 is 0.